The summed E-state index contributed by atoms with van der Waals surface area (Å²) in [4.78, 5) is 12.0. The highest BCUT2D eigenvalue weighted by Gasteiger charge is 2.26. The first-order valence-electron chi connectivity index (χ1n) is 11.5. The van der Waals surface area contributed by atoms with Crippen molar-refractivity contribution in [3.05, 3.63) is 58.7 Å². The van der Waals surface area contributed by atoms with E-state index in [1.807, 2.05) is 18.2 Å². The molecule has 0 aliphatic heterocycles. The van der Waals surface area contributed by atoms with Crippen LogP contribution in [0.4, 0.5) is 0 Å². The number of aryl methyl sites for hydroxylation is 1. The monoisotopic (exact) mass is 418 g/mol. The minimum Gasteiger partial charge on any atom is -0.478 e. The van der Waals surface area contributed by atoms with E-state index < -0.39 is 5.97 Å². The Morgan fingerprint density at radius 2 is 2.13 bits per heavy atom. The molecule has 5 heteroatoms. The number of furan rings is 1. The number of rotatable bonds is 8. The quantitative estimate of drug-likeness (QED) is 0.343. The lowest BCUT2D eigenvalue weighted by molar-refractivity contribution is 0.0698. The predicted octanol–water partition coefficient (Wildman–Crippen LogP) is 6.32. The van der Waals surface area contributed by atoms with E-state index in [1.165, 1.54) is 49.8 Å². The predicted molar refractivity (Wildman–Crippen MR) is 120 cm³/mol. The van der Waals surface area contributed by atoms with E-state index in [-0.39, 0.29) is 5.76 Å². The van der Waals surface area contributed by atoms with Crippen molar-refractivity contribution in [2.45, 2.75) is 71.3 Å². The third kappa shape index (κ3) is 4.39. The van der Waals surface area contributed by atoms with Crippen molar-refractivity contribution < 1.29 is 14.3 Å². The van der Waals surface area contributed by atoms with Gasteiger partial charge in [0.1, 0.15) is 11.8 Å². The first kappa shape index (κ1) is 21.2. The number of nitrogens with zero attached hydrogens (tertiary/aromatic N) is 2. The van der Waals surface area contributed by atoms with Crippen LogP contribution in [0, 0.1) is 17.2 Å². The van der Waals surface area contributed by atoms with E-state index in [1.54, 1.807) is 12.1 Å². The minimum atomic E-state index is -0.909. The highest BCUT2D eigenvalue weighted by molar-refractivity contribution is 6.04. The van der Waals surface area contributed by atoms with Crippen molar-refractivity contribution in [2.24, 2.45) is 5.92 Å². The van der Waals surface area contributed by atoms with Crippen LogP contribution in [0.3, 0.4) is 0 Å². The van der Waals surface area contributed by atoms with E-state index >= 15 is 0 Å². The van der Waals surface area contributed by atoms with Crippen molar-refractivity contribution in [2.75, 3.05) is 0 Å². The Morgan fingerprint density at radius 3 is 2.87 bits per heavy atom. The summed E-state index contributed by atoms with van der Waals surface area (Å²) in [6.45, 7) is 2.68. The summed E-state index contributed by atoms with van der Waals surface area (Å²) in [6, 6.07) is 11.1. The Balaban J connectivity index is 1.76. The summed E-state index contributed by atoms with van der Waals surface area (Å²) in [6.07, 6.45) is 10.6. The van der Waals surface area contributed by atoms with Gasteiger partial charge < -0.3 is 14.1 Å². The zero-order valence-electron chi connectivity index (χ0n) is 18.2. The molecule has 31 heavy (non-hydrogen) atoms. The molecule has 162 valence electrons. The molecule has 1 unspecified atom stereocenters. The van der Waals surface area contributed by atoms with Gasteiger partial charge in [-0.25, -0.2) is 4.79 Å². The number of aromatic carboxylic acids is 1. The lowest BCUT2D eigenvalue weighted by atomic mass is 9.93. The Bertz CT molecular complexity index is 1120. The number of carboxylic acids is 1. The third-order valence-corrected chi connectivity index (χ3v) is 6.61. The smallest absolute Gasteiger partial charge is 0.337 e. The maximum atomic E-state index is 12.0. The van der Waals surface area contributed by atoms with E-state index in [4.69, 9.17) is 9.68 Å². The third-order valence-electron chi connectivity index (χ3n) is 6.61. The molecule has 0 saturated carbocycles. The fourth-order valence-corrected chi connectivity index (χ4v) is 5.12. The highest BCUT2D eigenvalue weighted by atomic mass is 16.4. The maximum Gasteiger partial charge on any atom is 0.337 e. The molecule has 3 aromatic rings. The number of unbranched alkanes of at least 4 members (excludes halogenated alkanes) is 3. The topological polar surface area (TPSA) is 79.2 Å². The molecule has 2 heterocycles. The molecule has 0 saturated heterocycles. The number of carboxylic acid groups (broad SMARTS) is 1. The number of aromatic nitrogens is 1. The van der Waals surface area contributed by atoms with Gasteiger partial charge in [-0.3, -0.25) is 0 Å². The Labute approximate surface area is 183 Å². The maximum absolute atomic E-state index is 12.0. The van der Waals surface area contributed by atoms with Crippen molar-refractivity contribution in [1.82, 2.24) is 4.57 Å². The van der Waals surface area contributed by atoms with Crippen molar-refractivity contribution in [3.8, 4) is 6.07 Å². The largest absolute Gasteiger partial charge is 0.478 e. The van der Waals surface area contributed by atoms with Gasteiger partial charge >= 0.3 is 5.97 Å². The molecule has 0 amide bonds. The molecular formula is C26H30N2O3. The number of fused-ring (bicyclic) bond motifs is 3. The van der Waals surface area contributed by atoms with E-state index in [2.05, 4.69) is 17.6 Å². The molecule has 0 bridgehead atoms. The average Bonchev–Trinajstić information content (AvgIpc) is 3.27. The minimum absolute atomic E-state index is 0.282. The number of nitriles is 1. The second-order valence-electron chi connectivity index (χ2n) is 8.71. The number of para-hydroxylation sites is 1. The van der Waals surface area contributed by atoms with Crippen molar-refractivity contribution >= 4 is 16.9 Å². The van der Waals surface area contributed by atoms with Crippen LogP contribution in [0.25, 0.3) is 10.9 Å². The fourth-order valence-electron chi connectivity index (χ4n) is 5.12. The van der Waals surface area contributed by atoms with E-state index in [9.17, 15) is 9.90 Å². The summed E-state index contributed by atoms with van der Waals surface area (Å²) in [7, 11) is 0. The lowest BCUT2D eigenvalue weighted by Crippen LogP contribution is -2.11. The first-order valence-corrected chi connectivity index (χ1v) is 11.5. The zero-order valence-corrected chi connectivity index (χ0v) is 18.2. The summed E-state index contributed by atoms with van der Waals surface area (Å²) >= 11 is 0. The second-order valence-corrected chi connectivity index (χ2v) is 8.71. The number of benzene rings is 1. The van der Waals surface area contributed by atoms with Gasteiger partial charge in [-0.15, -0.1) is 0 Å². The van der Waals surface area contributed by atoms with Crippen molar-refractivity contribution in [3.63, 3.8) is 0 Å². The molecule has 0 radical (unpaired) electrons. The van der Waals surface area contributed by atoms with Gasteiger partial charge in [0, 0.05) is 11.1 Å². The van der Waals surface area contributed by atoms with Crippen LogP contribution >= 0.6 is 0 Å². The van der Waals surface area contributed by atoms with Gasteiger partial charge in [0.25, 0.3) is 0 Å². The average molecular weight is 419 g/mol. The second kappa shape index (κ2) is 9.43. The normalized spacial score (nSPS) is 16.1. The molecule has 4 rings (SSSR count). The van der Waals surface area contributed by atoms with Crippen LogP contribution in [0.15, 0.2) is 34.7 Å². The van der Waals surface area contributed by atoms with Gasteiger partial charge in [-0.05, 0) is 55.4 Å². The van der Waals surface area contributed by atoms with Crippen LogP contribution in [0.1, 0.15) is 85.0 Å². The molecule has 2 aromatic heterocycles. The van der Waals surface area contributed by atoms with E-state index in [0.717, 1.165) is 30.2 Å². The van der Waals surface area contributed by atoms with Crippen LogP contribution in [0.2, 0.25) is 0 Å². The number of carbonyl (C=O) groups is 1. The number of hydrogen-bond acceptors (Lipinski definition) is 3. The molecule has 1 aliphatic carbocycles. The molecule has 5 nitrogen and oxygen atoms in total. The zero-order chi connectivity index (χ0) is 21.8. The highest BCUT2D eigenvalue weighted by Crippen LogP contribution is 2.37. The van der Waals surface area contributed by atoms with Crippen LogP contribution < -0.4 is 0 Å². The van der Waals surface area contributed by atoms with Crippen LogP contribution in [0.5, 0.6) is 0 Å². The SMILES string of the molecule is CCCCCCC1CCCc2c(n(Cc3ccc(C#N)o3)c3c(C(=O)O)cccc23)C1. The number of hydrogen-bond donors (Lipinski definition) is 1. The van der Waals surface area contributed by atoms with Crippen LogP contribution in [-0.4, -0.2) is 15.6 Å². The van der Waals surface area contributed by atoms with Gasteiger partial charge in [-0.1, -0.05) is 51.2 Å². The molecule has 1 atom stereocenters. The van der Waals surface area contributed by atoms with Gasteiger partial charge in [0.15, 0.2) is 0 Å². The fraction of sp³-hybridized carbons (Fsp3) is 0.462. The van der Waals surface area contributed by atoms with Crippen molar-refractivity contribution in [1.29, 1.82) is 5.26 Å². The molecule has 0 fully saturated rings. The van der Waals surface area contributed by atoms with Gasteiger partial charge in [-0.2, -0.15) is 5.26 Å². The standard InChI is InChI=1S/C26H30N2O3/c1-2-3-4-5-8-18-9-6-10-21-22-11-7-12-23(26(29)30)25(22)28(24(21)15-18)17-20-14-13-19(16-27)31-20/h7,11-14,18H,2-6,8-10,15,17H2,1H3,(H,29,30). The van der Waals surface area contributed by atoms with Gasteiger partial charge in [0.05, 0.1) is 17.6 Å². The Morgan fingerprint density at radius 1 is 1.26 bits per heavy atom. The summed E-state index contributed by atoms with van der Waals surface area (Å²) in [5, 5.41) is 20.0. The Kier molecular flexibility index (Phi) is 6.46. The first-order chi connectivity index (χ1) is 15.1. The summed E-state index contributed by atoms with van der Waals surface area (Å²) < 4.78 is 7.82. The lowest BCUT2D eigenvalue weighted by Gasteiger charge is -2.17. The summed E-state index contributed by atoms with van der Waals surface area (Å²) in [5.74, 6) is 0.679. The molecule has 1 aliphatic rings. The van der Waals surface area contributed by atoms with E-state index in [0.29, 0.717) is 23.8 Å². The molecular weight excluding hydrogens is 388 g/mol. The molecule has 0 spiro atoms. The summed E-state index contributed by atoms with van der Waals surface area (Å²) in [5.41, 5.74) is 3.65. The molecule has 1 aromatic carbocycles. The Hall–Kier alpha value is -3.00. The molecule has 1 N–H and O–H groups in total. The van der Waals surface area contributed by atoms with Crippen LogP contribution in [-0.2, 0) is 19.4 Å². The van der Waals surface area contributed by atoms with Gasteiger partial charge in [0.2, 0.25) is 5.76 Å².